The minimum absolute atomic E-state index is 0.0521. The van der Waals surface area contributed by atoms with Gasteiger partial charge in [-0.05, 0) is 34.7 Å². The van der Waals surface area contributed by atoms with E-state index in [0.717, 1.165) is 12.1 Å². The van der Waals surface area contributed by atoms with E-state index in [1.165, 1.54) is 18.3 Å². The third-order valence-electron chi connectivity index (χ3n) is 2.39. The summed E-state index contributed by atoms with van der Waals surface area (Å²) < 4.78 is 18.8. The number of aromatic carboxylic acids is 1. The van der Waals surface area contributed by atoms with Crippen LogP contribution in [0.2, 0.25) is 0 Å². The van der Waals surface area contributed by atoms with E-state index in [-0.39, 0.29) is 9.32 Å². The number of hydrogen-bond acceptors (Lipinski definition) is 5. The second-order valence-electron chi connectivity index (χ2n) is 3.75. The van der Waals surface area contributed by atoms with E-state index in [2.05, 4.69) is 4.98 Å². The molecule has 0 saturated heterocycles. The summed E-state index contributed by atoms with van der Waals surface area (Å²) in [6, 6.07) is 4.51. The van der Waals surface area contributed by atoms with Crippen molar-refractivity contribution in [2.75, 3.05) is 0 Å². The number of nitro benzene ring substituents is 1. The highest BCUT2D eigenvalue weighted by Gasteiger charge is 2.22. The predicted molar refractivity (Wildman–Crippen MR) is 77.0 cm³/mol. The lowest BCUT2D eigenvalue weighted by Gasteiger charge is -2.08. The van der Waals surface area contributed by atoms with Crippen LogP contribution in [0.4, 0.5) is 10.1 Å². The molecule has 0 aliphatic carbocycles. The Balaban J connectivity index is 2.52. The molecule has 0 radical (unpaired) electrons. The first-order valence-corrected chi connectivity index (χ1v) is 6.47. The van der Waals surface area contributed by atoms with Gasteiger partial charge >= 0.3 is 11.7 Å². The number of carboxylic acids is 1. The van der Waals surface area contributed by atoms with Gasteiger partial charge in [-0.1, -0.05) is 0 Å². The van der Waals surface area contributed by atoms with Crippen LogP contribution in [0.25, 0.3) is 0 Å². The van der Waals surface area contributed by atoms with Crippen LogP contribution in [-0.2, 0) is 0 Å². The van der Waals surface area contributed by atoms with Crippen LogP contribution in [0.5, 0.6) is 11.5 Å². The molecule has 9 heteroatoms. The maximum absolute atomic E-state index is 13.5. The fourth-order valence-electron chi connectivity index (χ4n) is 1.49. The zero-order chi connectivity index (χ0) is 15.6. The lowest BCUT2D eigenvalue weighted by atomic mass is 10.2. The van der Waals surface area contributed by atoms with Crippen LogP contribution < -0.4 is 4.74 Å². The van der Waals surface area contributed by atoms with Crippen molar-refractivity contribution in [1.29, 1.82) is 0 Å². The van der Waals surface area contributed by atoms with Gasteiger partial charge in [-0.25, -0.2) is 14.2 Å². The summed E-state index contributed by atoms with van der Waals surface area (Å²) in [7, 11) is 0. The van der Waals surface area contributed by atoms with E-state index in [1.54, 1.807) is 22.6 Å². The largest absolute Gasteiger partial charge is 0.476 e. The first-order valence-electron chi connectivity index (χ1n) is 5.39. The van der Waals surface area contributed by atoms with Crippen molar-refractivity contribution in [1.82, 2.24) is 4.98 Å². The van der Waals surface area contributed by atoms with Crippen LogP contribution in [0.15, 0.2) is 30.5 Å². The van der Waals surface area contributed by atoms with Gasteiger partial charge in [-0.2, -0.15) is 0 Å². The Labute approximate surface area is 130 Å². The van der Waals surface area contributed by atoms with Crippen LogP contribution in [0.1, 0.15) is 10.5 Å². The molecule has 0 amide bonds. The van der Waals surface area contributed by atoms with Crippen molar-refractivity contribution in [2.45, 2.75) is 0 Å². The van der Waals surface area contributed by atoms with Crippen molar-refractivity contribution >= 4 is 34.2 Å². The lowest BCUT2D eigenvalue weighted by molar-refractivity contribution is -0.385. The van der Waals surface area contributed by atoms with Gasteiger partial charge in [0.15, 0.2) is 11.4 Å². The number of halogens is 2. The number of nitro groups is 1. The molecular weight excluding hydrogens is 398 g/mol. The number of aromatic nitrogens is 1. The molecule has 2 rings (SSSR count). The number of benzene rings is 1. The minimum atomic E-state index is -1.36. The summed E-state index contributed by atoms with van der Waals surface area (Å²) >= 11 is 1.61. The molecule has 7 nitrogen and oxygen atoms in total. The quantitative estimate of drug-likeness (QED) is 0.477. The zero-order valence-corrected chi connectivity index (χ0v) is 12.3. The van der Waals surface area contributed by atoms with Crippen molar-refractivity contribution in [3.05, 3.63) is 55.7 Å². The number of carbonyl (C=O) groups is 1. The van der Waals surface area contributed by atoms with Crippen LogP contribution in [0, 0.1) is 19.5 Å². The van der Waals surface area contributed by atoms with Gasteiger partial charge in [-0.15, -0.1) is 0 Å². The third kappa shape index (κ3) is 3.24. The van der Waals surface area contributed by atoms with Crippen LogP contribution in [0.3, 0.4) is 0 Å². The normalized spacial score (nSPS) is 10.2. The number of hydrogen-bond donors (Lipinski definition) is 1. The summed E-state index contributed by atoms with van der Waals surface area (Å²) in [6.07, 6.45) is 1.24. The van der Waals surface area contributed by atoms with Gasteiger partial charge in [0.2, 0.25) is 5.75 Å². The average Bonchev–Trinajstić information content (AvgIpc) is 2.42. The van der Waals surface area contributed by atoms with E-state index in [4.69, 9.17) is 9.84 Å². The van der Waals surface area contributed by atoms with Gasteiger partial charge in [0.25, 0.3) is 0 Å². The summed E-state index contributed by atoms with van der Waals surface area (Å²) in [5, 5.41) is 19.9. The lowest BCUT2D eigenvalue weighted by Crippen LogP contribution is -2.04. The Bertz CT molecular complexity index is 738. The summed E-state index contributed by atoms with van der Waals surface area (Å²) in [5.74, 6) is -2.68. The molecule has 0 saturated carbocycles. The number of nitrogens with zero attached hydrogens (tertiary/aromatic N) is 2. The molecule has 0 bridgehead atoms. The highest BCUT2D eigenvalue weighted by molar-refractivity contribution is 14.1. The molecule has 1 N–H and O–H groups in total. The Morgan fingerprint density at radius 2 is 2.14 bits per heavy atom. The number of pyridine rings is 1. The van der Waals surface area contributed by atoms with E-state index in [0.29, 0.717) is 0 Å². The molecule has 1 heterocycles. The molecule has 2 aromatic rings. The first-order chi connectivity index (χ1) is 9.90. The molecule has 0 aliphatic heterocycles. The number of rotatable bonds is 4. The SMILES string of the molecule is O=C(O)c1ncccc1Oc1cc(F)c(I)cc1[N+](=O)[O-]. The molecule has 0 unspecified atom stereocenters. The zero-order valence-electron chi connectivity index (χ0n) is 10.1. The fourth-order valence-corrected chi connectivity index (χ4v) is 1.95. The second-order valence-corrected chi connectivity index (χ2v) is 4.91. The van der Waals surface area contributed by atoms with Crippen molar-refractivity contribution < 1.29 is 24.0 Å². The fraction of sp³-hybridized carbons (Fsp3) is 0. The minimum Gasteiger partial charge on any atom is -0.476 e. The summed E-state index contributed by atoms with van der Waals surface area (Å²) in [4.78, 5) is 24.8. The predicted octanol–water partition coefficient (Wildman–Crippen LogP) is 3.22. The summed E-state index contributed by atoms with van der Waals surface area (Å²) in [5.41, 5.74) is -0.897. The van der Waals surface area contributed by atoms with E-state index in [9.17, 15) is 19.3 Å². The topological polar surface area (TPSA) is 103 Å². The molecule has 0 aliphatic rings. The first kappa shape index (κ1) is 15.1. The molecule has 0 fully saturated rings. The third-order valence-corrected chi connectivity index (χ3v) is 3.22. The van der Waals surface area contributed by atoms with Crippen molar-refractivity contribution in [3.63, 3.8) is 0 Å². The maximum atomic E-state index is 13.5. The van der Waals surface area contributed by atoms with E-state index in [1.807, 2.05) is 0 Å². The Morgan fingerprint density at radius 1 is 1.43 bits per heavy atom. The molecule has 0 spiro atoms. The van der Waals surface area contributed by atoms with Crippen LogP contribution >= 0.6 is 22.6 Å². The van der Waals surface area contributed by atoms with Gasteiger partial charge in [0, 0.05) is 18.3 Å². The maximum Gasteiger partial charge on any atom is 0.358 e. The monoisotopic (exact) mass is 404 g/mol. The number of ether oxygens (including phenoxy) is 1. The van der Waals surface area contributed by atoms with Gasteiger partial charge < -0.3 is 9.84 Å². The summed E-state index contributed by atoms with van der Waals surface area (Å²) in [6.45, 7) is 0. The highest BCUT2D eigenvalue weighted by Crippen LogP contribution is 2.34. The standard InChI is InChI=1S/C12H6FIN2O5/c13-6-4-10(8(16(19)20)5-7(6)14)21-9-2-1-3-15-11(9)12(17)18/h1-5H,(H,17,18). The van der Waals surface area contributed by atoms with Gasteiger partial charge in [0.1, 0.15) is 5.82 Å². The Morgan fingerprint density at radius 3 is 2.76 bits per heavy atom. The van der Waals surface area contributed by atoms with E-state index < -0.39 is 33.8 Å². The average molecular weight is 404 g/mol. The van der Waals surface area contributed by atoms with Crippen LogP contribution in [-0.4, -0.2) is 21.0 Å². The smallest absolute Gasteiger partial charge is 0.358 e. The molecule has 1 aromatic heterocycles. The van der Waals surface area contributed by atoms with Gasteiger partial charge in [-0.3, -0.25) is 10.1 Å². The molecule has 108 valence electrons. The molecule has 21 heavy (non-hydrogen) atoms. The van der Waals surface area contributed by atoms with Crippen molar-refractivity contribution in [2.24, 2.45) is 0 Å². The number of carboxylic acid groups (broad SMARTS) is 1. The second kappa shape index (κ2) is 5.99. The van der Waals surface area contributed by atoms with Gasteiger partial charge in [0.05, 0.1) is 8.49 Å². The van der Waals surface area contributed by atoms with E-state index >= 15 is 0 Å². The Hall–Kier alpha value is -2.30. The van der Waals surface area contributed by atoms with Crippen molar-refractivity contribution in [3.8, 4) is 11.5 Å². The molecule has 0 atom stereocenters. The molecular formula is C12H6FIN2O5. The molecule has 1 aromatic carbocycles. The highest BCUT2D eigenvalue weighted by atomic mass is 127. The Kier molecular flexibility index (Phi) is 4.31.